The highest BCUT2D eigenvalue weighted by Gasteiger charge is 1.93. The van der Waals surface area contributed by atoms with E-state index in [9.17, 15) is 0 Å². The van der Waals surface area contributed by atoms with E-state index in [1.54, 1.807) is 0 Å². The molecule has 0 saturated carbocycles. The highest BCUT2D eigenvalue weighted by Crippen LogP contribution is 2.10. The number of benzene rings is 1. The van der Waals surface area contributed by atoms with E-state index < -0.39 is 0 Å². The van der Waals surface area contributed by atoms with Crippen LogP contribution < -0.4 is 5.32 Å². The minimum Gasteiger partial charge on any atom is -0.375 e. The van der Waals surface area contributed by atoms with Gasteiger partial charge in [0.2, 0.25) is 0 Å². The number of hydrogen-bond donors (Lipinski definition) is 1. The van der Waals surface area contributed by atoms with E-state index >= 15 is 0 Å². The van der Waals surface area contributed by atoms with Gasteiger partial charge in [0.1, 0.15) is 0 Å². The van der Waals surface area contributed by atoms with Gasteiger partial charge in [-0.25, -0.2) is 0 Å². The Hall–Kier alpha value is -0.380. The van der Waals surface area contributed by atoms with Gasteiger partial charge in [-0.05, 0) is 30.7 Å². The second-order valence-corrected chi connectivity index (χ2v) is 5.05. The zero-order valence-electron chi connectivity index (χ0n) is 10.5. The summed E-state index contributed by atoms with van der Waals surface area (Å²) in [6.45, 7) is 5.75. The lowest BCUT2D eigenvalue weighted by molar-refractivity contribution is 0.123. The molecule has 0 fully saturated rings. The monoisotopic (exact) mass is 299 g/mol. The molecule has 1 N–H and O–H groups in total. The molecule has 0 radical (unpaired) electrons. The smallest absolute Gasteiger partial charge is 0.0717 e. The molecule has 0 bridgehead atoms. The Balaban J connectivity index is 1.95. The van der Waals surface area contributed by atoms with Crippen molar-refractivity contribution in [3.05, 3.63) is 34.3 Å². The maximum atomic E-state index is 5.59. The fourth-order valence-corrected chi connectivity index (χ4v) is 1.80. The van der Waals surface area contributed by atoms with Crippen LogP contribution in [0.15, 0.2) is 28.7 Å². The molecular weight excluding hydrogens is 278 g/mol. The van der Waals surface area contributed by atoms with Crippen molar-refractivity contribution in [1.82, 2.24) is 5.32 Å². The molecule has 0 spiro atoms. The molecule has 1 aromatic carbocycles. The molecule has 17 heavy (non-hydrogen) atoms. The third-order valence-electron chi connectivity index (χ3n) is 2.56. The van der Waals surface area contributed by atoms with E-state index in [1.165, 1.54) is 24.8 Å². The summed E-state index contributed by atoms with van der Waals surface area (Å²) in [6.07, 6.45) is 3.86. The van der Waals surface area contributed by atoms with E-state index in [1.807, 2.05) is 12.1 Å². The average molecular weight is 300 g/mol. The molecule has 0 saturated heterocycles. The second kappa shape index (κ2) is 9.63. The summed E-state index contributed by atoms with van der Waals surface area (Å²) in [5.41, 5.74) is 1.22. The molecule has 0 atom stereocenters. The number of rotatable bonds is 9. The minimum absolute atomic E-state index is 0.698. The van der Waals surface area contributed by atoms with Crippen LogP contribution in [0.25, 0.3) is 0 Å². The van der Waals surface area contributed by atoms with Crippen LogP contribution in [-0.2, 0) is 11.3 Å². The first-order chi connectivity index (χ1) is 8.33. The van der Waals surface area contributed by atoms with Crippen molar-refractivity contribution in [3.8, 4) is 0 Å². The van der Waals surface area contributed by atoms with Gasteiger partial charge in [-0.2, -0.15) is 0 Å². The lowest BCUT2D eigenvalue weighted by atomic mass is 10.2. The van der Waals surface area contributed by atoms with Crippen LogP contribution in [-0.4, -0.2) is 19.7 Å². The van der Waals surface area contributed by atoms with Crippen LogP contribution in [0.1, 0.15) is 31.7 Å². The Morgan fingerprint density at radius 2 is 1.88 bits per heavy atom. The van der Waals surface area contributed by atoms with Gasteiger partial charge in [-0.3, -0.25) is 0 Å². The number of nitrogens with one attached hydrogen (secondary N) is 1. The maximum Gasteiger partial charge on any atom is 0.0717 e. The summed E-state index contributed by atoms with van der Waals surface area (Å²) in [4.78, 5) is 0. The predicted octanol–water partition coefficient (Wildman–Crippen LogP) is 3.75. The molecule has 0 aliphatic rings. The zero-order valence-corrected chi connectivity index (χ0v) is 12.1. The predicted molar refractivity (Wildman–Crippen MR) is 76.2 cm³/mol. The first-order valence-electron chi connectivity index (χ1n) is 6.36. The molecule has 0 heterocycles. The summed E-state index contributed by atoms with van der Waals surface area (Å²) in [7, 11) is 0. The van der Waals surface area contributed by atoms with E-state index in [4.69, 9.17) is 4.74 Å². The van der Waals surface area contributed by atoms with Crippen molar-refractivity contribution in [2.45, 2.75) is 32.8 Å². The fourth-order valence-electron chi connectivity index (χ4n) is 1.54. The van der Waals surface area contributed by atoms with Gasteiger partial charge in [-0.1, -0.05) is 47.8 Å². The molecule has 1 rings (SSSR count). The van der Waals surface area contributed by atoms with Crippen LogP contribution in [0.2, 0.25) is 0 Å². The average Bonchev–Trinajstić information content (AvgIpc) is 2.35. The van der Waals surface area contributed by atoms with Crippen molar-refractivity contribution < 1.29 is 4.74 Å². The molecule has 0 unspecified atom stereocenters. The van der Waals surface area contributed by atoms with E-state index in [-0.39, 0.29) is 0 Å². The molecular formula is C14H22BrNO. The van der Waals surface area contributed by atoms with Gasteiger partial charge in [0.15, 0.2) is 0 Å². The Morgan fingerprint density at radius 1 is 1.12 bits per heavy atom. The first kappa shape index (κ1) is 14.7. The Labute approximate surface area is 113 Å². The van der Waals surface area contributed by atoms with Crippen molar-refractivity contribution in [2.24, 2.45) is 0 Å². The van der Waals surface area contributed by atoms with Crippen LogP contribution in [0.3, 0.4) is 0 Å². The van der Waals surface area contributed by atoms with Crippen LogP contribution in [0.4, 0.5) is 0 Å². The standard InChI is InChI=1S/C14H22BrNO/c1-2-3-4-9-16-10-11-17-12-13-5-7-14(15)8-6-13/h5-8,16H,2-4,9-12H2,1H3. The summed E-state index contributed by atoms with van der Waals surface area (Å²) < 4.78 is 6.70. The summed E-state index contributed by atoms with van der Waals surface area (Å²) in [5.74, 6) is 0. The van der Waals surface area contributed by atoms with Gasteiger partial charge < -0.3 is 10.1 Å². The van der Waals surface area contributed by atoms with Gasteiger partial charge in [0, 0.05) is 11.0 Å². The van der Waals surface area contributed by atoms with Crippen LogP contribution in [0, 0.1) is 0 Å². The summed E-state index contributed by atoms with van der Waals surface area (Å²) in [6, 6.07) is 8.25. The SMILES string of the molecule is CCCCCNCCOCc1ccc(Br)cc1. The van der Waals surface area contributed by atoms with Crippen molar-refractivity contribution in [2.75, 3.05) is 19.7 Å². The number of halogens is 1. The van der Waals surface area contributed by atoms with E-state index in [0.29, 0.717) is 6.61 Å². The molecule has 96 valence electrons. The van der Waals surface area contributed by atoms with Gasteiger partial charge in [0.25, 0.3) is 0 Å². The maximum absolute atomic E-state index is 5.59. The number of ether oxygens (including phenoxy) is 1. The van der Waals surface area contributed by atoms with Crippen molar-refractivity contribution in [3.63, 3.8) is 0 Å². The molecule has 2 nitrogen and oxygen atoms in total. The van der Waals surface area contributed by atoms with Gasteiger partial charge in [-0.15, -0.1) is 0 Å². The second-order valence-electron chi connectivity index (χ2n) is 4.14. The fraction of sp³-hybridized carbons (Fsp3) is 0.571. The molecule has 0 amide bonds. The summed E-state index contributed by atoms with van der Waals surface area (Å²) >= 11 is 3.42. The quantitative estimate of drug-likeness (QED) is 0.701. The lowest BCUT2D eigenvalue weighted by Crippen LogP contribution is -2.20. The Kier molecular flexibility index (Phi) is 8.32. The van der Waals surface area contributed by atoms with E-state index in [0.717, 1.165) is 24.2 Å². The van der Waals surface area contributed by atoms with Crippen LogP contribution in [0.5, 0.6) is 0 Å². The topological polar surface area (TPSA) is 21.3 Å². The van der Waals surface area contributed by atoms with Crippen molar-refractivity contribution in [1.29, 1.82) is 0 Å². The lowest BCUT2D eigenvalue weighted by Gasteiger charge is -2.06. The van der Waals surface area contributed by atoms with Crippen molar-refractivity contribution >= 4 is 15.9 Å². The first-order valence-corrected chi connectivity index (χ1v) is 7.15. The van der Waals surface area contributed by atoms with Gasteiger partial charge in [0.05, 0.1) is 13.2 Å². The molecule has 3 heteroatoms. The molecule has 0 aliphatic carbocycles. The number of hydrogen-bond acceptors (Lipinski definition) is 2. The van der Waals surface area contributed by atoms with Crippen LogP contribution >= 0.6 is 15.9 Å². The molecule has 1 aromatic rings. The molecule has 0 aliphatic heterocycles. The highest BCUT2D eigenvalue weighted by molar-refractivity contribution is 9.10. The third kappa shape index (κ3) is 7.53. The summed E-state index contributed by atoms with van der Waals surface area (Å²) in [5, 5.41) is 3.38. The zero-order chi connectivity index (χ0) is 12.3. The largest absolute Gasteiger partial charge is 0.375 e. The van der Waals surface area contributed by atoms with Gasteiger partial charge >= 0.3 is 0 Å². The normalized spacial score (nSPS) is 10.7. The minimum atomic E-state index is 0.698. The molecule has 0 aromatic heterocycles. The van der Waals surface area contributed by atoms with E-state index in [2.05, 4.69) is 40.3 Å². The number of unbranched alkanes of at least 4 members (excludes halogenated alkanes) is 2. The third-order valence-corrected chi connectivity index (χ3v) is 3.09. The Bertz CT molecular complexity index is 287. The Morgan fingerprint density at radius 3 is 2.59 bits per heavy atom. The highest BCUT2D eigenvalue weighted by atomic mass is 79.9.